The van der Waals surface area contributed by atoms with E-state index in [-0.39, 0.29) is 46.8 Å². The Morgan fingerprint density at radius 3 is 2.76 bits per heavy atom. The van der Waals surface area contributed by atoms with Crippen molar-refractivity contribution >= 4 is 40.2 Å². The zero-order valence-electron chi connectivity index (χ0n) is 19.7. The number of carbonyl (C=O) groups is 3. The second-order valence-electron chi connectivity index (χ2n) is 10.0. The number of nitriles is 1. The number of H-pyrrole nitrogens is 1. The Morgan fingerprint density at radius 1 is 1.30 bits per heavy atom. The summed E-state index contributed by atoms with van der Waals surface area (Å²) < 4.78 is 44.2. The second-order valence-corrected chi connectivity index (χ2v) is 10.4. The van der Waals surface area contributed by atoms with Gasteiger partial charge in [0, 0.05) is 30.3 Å². The SMILES string of the molecule is N#C[C@H](C[C@@H]1CCCNC1=O)NC(=O)[C@@H]1[C@H]2CC[C@H](CC2(F)F)N1C(=O)c1cc2c(F)ccc(Cl)c2[nH]1. The molecule has 3 saturated heterocycles. The van der Waals surface area contributed by atoms with Gasteiger partial charge in [0.25, 0.3) is 11.8 Å². The molecule has 0 unspecified atom stereocenters. The highest BCUT2D eigenvalue weighted by atomic mass is 35.5. The van der Waals surface area contributed by atoms with E-state index >= 15 is 0 Å². The molecule has 196 valence electrons. The van der Waals surface area contributed by atoms with Crippen molar-refractivity contribution in [2.24, 2.45) is 11.8 Å². The van der Waals surface area contributed by atoms with Crippen LogP contribution in [-0.2, 0) is 9.59 Å². The zero-order chi connectivity index (χ0) is 26.5. The first-order valence-electron chi connectivity index (χ1n) is 12.3. The van der Waals surface area contributed by atoms with Crippen LogP contribution in [0.5, 0.6) is 0 Å². The number of aromatic nitrogens is 1. The number of amides is 3. The van der Waals surface area contributed by atoms with Crippen LogP contribution >= 0.6 is 11.6 Å². The highest BCUT2D eigenvalue weighted by Gasteiger charge is 2.60. The smallest absolute Gasteiger partial charge is 0.271 e. The number of piperidine rings is 3. The number of aromatic amines is 1. The van der Waals surface area contributed by atoms with E-state index in [4.69, 9.17) is 11.6 Å². The molecule has 1 saturated carbocycles. The molecule has 0 spiro atoms. The molecule has 8 nitrogen and oxygen atoms in total. The third-order valence-corrected chi connectivity index (χ3v) is 8.07. The quantitative estimate of drug-likeness (QED) is 0.543. The molecule has 2 aromatic rings. The van der Waals surface area contributed by atoms with Gasteiger partial charge in [0.2, 0.25) is 11.8 Å². The Bertz CT molecular complexity index is 1270. The van der Waals surface area contributed by atoms with Crippen LogP contribution in [-0.4, -0.2) is 58.2 Å². The van der Waals surface area contributed by atoms with Crippen LogP contribution in [0.15, 0.2) is 18.2 Å². The normalized spacial score (nSPS) is 27.4. The van der Waals surface area contributed by atoms with E-state index in [1.165, 1.54) is 12.1 Å². The molecule has 2 bridgehead atoms. The van der Waals surface area contributed by atoms with Gasteiger partial charge in [0.1, 0.15) is 23.6 Å². The monoisotopic (exact) mass is 535 g/mol. The Kier molecular flexibility index (Phi) is 6.56. The summed E-state index contributed by atoms with van der Waals surface area (Å²) >= 11 is 6.13. The van der Waals surface area contributed by atoms with Crippen molar-refractivity contribution in [1.82, 2.24) is 20.5 Å². The van der Waals surface area contributed by atoms with E-state index in [0.29, 0.717) is 13.0 Å². The third kappa shape index (κ3) is 4.52. The summed E-state index contributed by atoms with van der Waals surface area (Å²) in [7, 11) is 0. The molecular formula is C25H25ClF3N5O3. The van der Waals surface area contributed by atoms with Gasteiger partial charge in [-0.3, -0.25) is 14.4 Å². The summed E-state index contributed by atoms with van der Waals surface area (Å²) in [5.41, 5.74) is 0.111. The fraction of sp³-hybridized carbons (Fsp3) is 0.520. The average Bonchev–Trinajstić information content (AvgIpc) is 3.33. The molecule has 3 amide bonds. The molecule has 37 heavy (non-hydrogen) atoms. The van der Waals surface area contributed by atoms with E-state index in [1.54, 1.807) is 0 Å². The lowest BCUT2D eigenvalue weighted by atomic mass is 9.71. The molecule has 4 aliphatic rings. The summed E-state index contributed by atoms with van der Waals surface area (Å²) in [5, 5.41) is 15.1. The molecule has 6 rings (SSSR count). The van der Waals surface area contributed by atoms with Gasteiger partial charge in [-0.2, -0.15) is 5.26 Å². The number of halogens is 4. The summed E-state index contributed by atoms with van der Waals surface area (Å²) in [6, 6.07) is 2.15. The Hall–Kier alpha value is -3.26. The largest absolute Gasteiger partial charge is 0.356 e. The molecule has 0 radical (unpaired) electrons. The first-order chi connectivity index (χ1) is 17.6. The lowest BCUT2D eigenvalue weighted by Gasteiger charge is -2.53. The summed E-state index contributed by atoms with van der Waals surface area (Å²) in [6.07, 6.45) is 1.06. The lowest BCUT2D eigenvalue weighted by Crippen LogP contribution is -2.68. The predicted octanol–water partition coefficient (Wildman–Crippen LogP) is 3.51. The average molecular weight is 536 g/mol. The van der Waals surface area contributed by atoms with Crippen molar-refractivity contribution in [1.29, 1.82) is 5.26 Å². The first-order valence-corrected chi connectivity index (χ1v) is 12.6. The summed E-state index contributed by atoms with van der Waals surface area (Å²) in [5.74, 6) is -7.52. The first kappa shape index (κ1) is 25.4. The van der Waals surface area contributed by atoms with Crippen LogP contribution < -0.4 is 10.6 Å². The minimum atomic E-state index is -3.18. The summed E-state index contributed by atoms with van der Waals surface area (Å²) in [4.78, 5) is 43.1. The number of alkyl halides is 2. The van der Waals surface area contributed by atoms with Crippen LogP contribution in [0.3, 0.4) is 0 Å². The maximum absolute atomic E-state index is 15.0. The highest BCUT2D eigenvalue weighted by molar-refractivity contribution is 6.35. The molecule has 4 heterocycles. The van der Waals surface area contributed by atoms with Crippen LogP contribution in [0.2, 0.25) is 5.02 Å². The van der Waals surface area contributed by atoms with Crippen LogP contribution in [0.25, 0.3) is 10.9 Å². The topological polar surface area (TPSA) is 118 Å². The number of nitrogens with one attached hydrogen (secondary N) is 3. The van der Waals surface area contributed by atoms with E-state index < -0.39 is 59.9 Å². The Balaban J connectivity index is 1.43. The third-order valence-electron chi connectivity index (χ3n) is 7.75. The fourth-order valence-electron chi connectivity index (χ4n) is 5.95. The van der Waals surface area contributed by atoms with Gasteiger partial charge in [-0.05, 0) is 50.3 Å². The van der Waals surface area contributed by atoms with E-state index in [9.17, 15) is 32.8 Å². The number of fused-ring (bicyclic) bond motifs is 4. The minimum absolute atomic E-state index is 0.0366. The van der Waals surface area contributed by atoms with Crippen LogP contribution in [0.1, 0.15) is 49.0 Å². The Labute approximate surface area is 215 Å². The van der Waals surface area contributed by atoms with Crippen LogP contribution in [0.4, 0.5) is 13.2 Å². The summed E-state index contributed by atoms with van der Waals surface area (Å²) in [6.45, 7) is 0.541. The van der Waals surface area contributed by atoms with Gasteiger partial charge >= 0.3 is 0 Å². The molecular weight excluding hydrogens is 511 g/mol. The van der Waals surface area contributed by atoms with Gasteiger partial charge in [-0.15, -0.1) is 0 Å². The number of benzene rings is 1. The fourth-order valence-corrected chi connectivity index (χ4v) is 6.16. The van der Waals surface area contributed by atoms with Crippen molar-refractivity contribution in [2.75, 3.05) is 6.54 Å². The second kappa shape index (κ2) is 9.56. The maximum atomic E-state index is 15.0. The molecule has 5 atom stereocenters. The molecule has 4 fully saturated rings. The van der Waals surface area contributed by atoms with Gasteiger partial charge in [0.15, 0.2) is 0 Å². The standard InChI is InChI=1S/C25H25ClF3N5O3/c26-17-5-6-18(27)15-9-19(33-20(15)17)24(37)34-14-3-4-16(25(28,29)10-14)21(34)23(36)32-13(11-30)8-12-2-1-7-31-22(12)35/h5-6,9,12-14,16,21,33H,1-4,7-8,10H2,(H,31,35)(H,32,36)/t12-,13-,14+,16+,21-/m0/s1. The van der Waals surface area contributed by atoms with E-state index in [2.05, 4.69) is 15.6 Å². The number of nitrogens with zero attached hydrogens (tertiary/aromatic N) is 2. The van der Waals surface area contributed by atoms with Crippen LogP contribution in [0, 0.1) is 29.0 Å². The van der Waals surface area contributed by atoms with E-state index in [0.717, 1.165) is 17.4 Å². The highest BCUT2D eigenvalue weighted by Crippen LogP contribution is 2.49. The number of hydrogen-bond acceptors (Lipinski definition) is 4. The molecule has 12 heteroatoms. The number of rotatable bonds is 5. The Morgan fingerprint density at radius 2 is 2.08 bits per heavy atom. The van der Waals surface area contributed by atoms with Crippen molar-refractivity contribution in [3.63, 3.8) is 0 Å². The lowest BCUT2D eigenvalue weighted by molar-refractivity contribution is -0.179. The molecule has 3 N–H and O–H groups in total. The van der Waals surface area contributed by atoms with Gasteiger partial charge < -0.3 is 20.5 Å². The maximum Gasteiger partial charge on any atom is 0.271 e. The van der Waals surface area contributed by atoms with Crippen molar-refractivity contribution in [3.05, 3.63) is 34.7 Å². The van der Waals surface area contributed by atoms with Gasteiger partial charge in [-0.25, -0.2) is 13.2 Å². The van der Waals surface area contributed by atoms with Gasteiger partial charge in [-0.1, -0.05) is 11.6 Å². The molecule has 1 aromatic heterocycles. The van der Waals surface area contributed by atoms with Crippen molar-refractivity contribution in [2.45, 2.75) is 62.6 Å². The minimum Gasteiger partial charge on any atom is -0.356 e. The number of carbonyl (C=O) groups excluding carboxylic acids is 3. The molecule has 3 aliphatic heterocycles. The van der Waals surface area contributed by atoms with Gasteiger partial charge in [0.05, 0.1) is 22.5 Å². The van der Waals surface area contributed by atoms with Crippen molar-refractivity contribution in [3.8, 4) is 6.07 Å². The zero-order valence-corrected chi connectivity index (χ0v) is 20.5. The number of hydrogen-bond donors (Lipinski definition) is 3. The molecule has 1 aliphatic carbocycles. The molecule has 1 aromatic carbocycles. The predicted molar refractivity (Wildman–Crippen MR) is 127 cm³/mol. The van der Waals surface area contributed by atoms with Crippen molar-refractivity contribution < 1.29 is 27.6 Å². The van der Waals surface area contributed by atoms with E-state index in [1.807, 2.05) is 6.07 Å².